The monoisotopic (exact) mass is 843 g/mol. The summed E-state index contributed by atoms with van der Waals surface area (Å²) in [4.78, 5) is 10.0. The van der Waals surface area contributed by atoms with E-state index in [1.165, 1.54) is 105 Å². The smallest absolute Gasteiger partial charge is 0.0945 e. The molecule has 0 saturated carbocycles. The zero-order chi connectivity index (χ0) is 43.7. The Morgan fingerprint density at radius 2 is 0.970 bits per heavy atom. The van der Waals surface area contributed by atoms with Gasteiger partial charge in [0.2, 0.25) is 0 Å². The van der Waals surface area contributed by atoms with Crippen molar-refractivity contribution >= 4 is 61.3 Å². The van der Waals surface area contributed by atoms with Crippen molar-refractivity contribution in [1.82, 2.24) is 0 Å². The Labute approximate surface area is 385 Å². The first-order valence-electron chi connectivity index (χ1n) is 23.0. The van der Waals surface area contributed by atoms with Gasteiger partial charge in [0.15, 0.2) is 0 Å². The van der Waals surface area contributed by atoms with Gasteiger partial charge in [0.05, 0.1) is 23.5 Å². The van der Waals surface area contributed by atoms with E-state index in [0.717, 1.165) is 5.69 Å². The van der Waals surface area contributed by atoms with Gasteiger partial charge in [-0.25, -0.2) is 0 Å². The summed E-state index contributed by atoms with van der Waals surface area (Å²) in [5.41, 5.74) is 17.1. The van der Waals surface area contributed by atoms with Crippen LogP contribution in [0.1, 0.15) is 23.1 Å². The van der Waals surface area contributed by atoms with Crippen LogP contribution in [0.2, 0.25) is 0 Å². The first-order valence-corrected chi connectivity index (χ1v) is 23.0. The molecule has 10 aromatic carbocycles. The van der Waals surface area contributed by atoms with Gasteiger partial charge in [0, 0.05) is 41.3 Å². The number of anilines is 3. The molecule has 0 radical (unpaired) electrons. The van der Waals surface area contributed by atoms with Crippen LogP contribution in [0.5, 0.6) is 0 Å². The lowest BCUT2D eigenvalue weighted by molar-refractivity contribution is 0.745. The van der Waals surface area contributed by atoms with Gasteiger partial charge in [-0.2, -0.15) is 0 Å². The summed E-state index contributed by atoms with van der Waals surface area (Å²) in [6.07, 6.45) is 11.2. The molecule has 2 aliphatic heterocycles. The Bertz CT molecular complexity index is 3590. The highest BCUT2D eigenvalue weighted by atomic mass is 15.2. The van der Waals surface area contributed by atoms with Gasteiger partial charge in [-0.3, -0.25) is 4.99 Å². The van der Waals surface area contributed by atoms with E-state index in [0.29, 0.717) is 5.92 Å². The zero-order valence-electron chi connectivity index (χ0n) is 36.6. The molecule has 2 heterocycles. The predicted octanol–water partition coefficient (Wildman–Crippen LogP) is 16.4. The number of rotatable bonds is 6. The minimum Gasteiger partial charge on any atom is -0.360 e. The van der Waals surface area contributed by atoms with Gasteiger partial charge in [-0.05, 0) is 101 Å². The molecule has 3 nitrogen and oxygen atoms in total. The van der Waals surface area contributed by atoms with Crippen molar-refractivity contribution in [3.63, 3.8) is 0 Å². The molecule has 312 valence electrons. The van der Waals surface area contributed by atoms with E-state index in [1.54, 1.807) is 0 Å². The van der Waals surface area contributed by atoms with Gasteiger partial charge in [-0.1, -0.05) is 206 Å². The van der Waals surface area contributed by atoms with Crippen LogP contribution < -0.4 is 9.80 Å². The Hall–Kier alpha value is -8.27. The van der Waals surface area contributed by atoms with Crippen molar-refractivity contribution in [3.05, 3.63) is 242 Å². The van der Waals surface area contributed by atoms with Crippen molar-refractivity contribution in [3.8, 4) is 44.5 Å². The lowest BCUT2D eigenvalue weighted by Crippen LogP contribution is -2.28. The van der Waals surface area contributed by atoms with Crippen LogP contribution in [-0.2, 0) is 0 Å². The lowest BCUT2D eigenvalue weighted by atomic mass is 9.89. The SMILES string of the molecule is CN1c2c(c3ccccc3c3ccccc23)N=CC1c1ccc(-c2ccc(-c3ccc(-c4ccc5c(c4)C4C=CC=CC4N5c4ccc(-c5cccc6ccccc56)cc4)cc3)cc2)cc1. The molecule has 0 bridgehead atoms. The fourth-order valence-electron chi connectivity index (χ4n) is 11.0. The summed E-state index contributed by atoms with van der Waals surface area (Å²) >= 11 is 0. The van der Waals surface area contributed by atoms with Gasteiger partial charge in [0.1, 0.15) is 0 Å². The third-order valence-corrected chi connectivity index (χ3v) is 14.3. The van der Waals surface area contributed by atoms with Crippen molar-refractivity contribution in [1.29, 1.82) is 0 Å². The van der Waals surface area contributed by atoms with E-state index in [1.807, 2.05) is 0 Å². The van der Waals surface area contributed by atoms with Crippen LogP contribution in [0.4, 0.5) is 22.7 Å². The number of nitrogens with zero attached hydrogens (tertiary/aromatic N) is 3. The molecule has 13 rings (SSSR count). The second-order valence-electron chi connectivity index (χ2n) is 17.9. The highest BCUT2D eigenvalue weighted by molar-refractivity contribution is 6.21. The molecule has 0 spiro atoms. The Morgan fingerprint density at radius 3 is 1.67 bits per heavy atom. The molecule has 66 heavy (non-hydrogen) atoms. The standard InChI is InChI=1S/C63H45N3/c1-65-61(40-64-62-56-17-6-4-14-53(56)54-15-5-7-18-57(54)63(62)65)48-31-29-44(30-32-48)42-23-21-41(22-24-42)43-25-27-45(28-26-43)49-35-38-60-58(39-49)55-16-8-9-20-59(55)66(60)50-36-33-47(34-37-50)52-19-10-12-46-11-2-3-13-51(46)52/h2-40,55,59,61H,1H3. The summed E-state index contributed by atoms with van der Waals surface area (Å²) < 4.78 is 0. The van der Waals surface area contributed by atoms with Crippen molar-refractivity contribution in [2.75, 3.05) is 16.8 Å². The van der Waals surface area contributed by atoms with Crippen molar-refractivity contribution in [2.24, 2.45) is 4.99 Å². The molecule has 3 atom stereocenters. The highest BCUT2D eigenvalue weighted by Gasteiger charge is 2.37. The summed E-state index contributed by atoms with van der Waals surface area (Å²) in [7, 11) is 2.20. The molecule has 0 amide bonds. The average Bonchev–Trinajstić information content (AvgIpc) is 3.72. The quantitative estimate of drug-likeness (QED) is 0.155. The Kier molecular flexibility index (Phi) is 8.95. The molecule has 3 heteroatoms. The lowest BCUT2D eigenvalue weighted by Gasteiger charge is -2.33. The molecule has 10 aromatic rings. The number of hydrogen-bond acceptors (Lipinski definition) is 3. The van der Waals surface area contributed by atoms with Crippen LogP contribution in [-0.4, -0.2) is 19.3 Å². The maximum absolute atomic E-state index is 5.11. The van der Waals surface area contributed by atoms with E-state index in [4.69, 9.17) is 4.99 Å². The molecule has 3 aliphatic rings. The van der Waals surface area contributed by atoms with Crippen molar-refractivity contribution < 1.29 is 0 Å². The van der Waals surface area contributed by atoms with Gasteiger partial charge >= 0.3 is 0 Å². The van der Waals surface area contributed by atoms with Gasteiger partial charge in [-0.15, -0.1) is 0 Å². The topological polar surface area (TPSA) is 18.8 Å². The predicted molar refractivity (Wildman–Crippen MR) is 280 cm³/mol. The van der Waals surface area contributed by atoms with E-state index < -0.39 is 0 Å². The summed E-state index contributed by atoms with van der Waals surface area (Å²) in [5, 5.41) is 7.49. The number of aliphatic imine (C=N–C) groups is 1. The van der Waals surface area contributed by atoms with E-state index in [2.05, 4.69) is 254 Å². The molecule has 3 unspecified atom stereocenters. The number of hydrogen-bond donors (Lipinski definition) is 0. The molecule has 0 aromatic heterocycles. The van der Waals surface area contributed by atoms with Crippen LogP contribution in [0, 0.1) is 0 Å². The second-order valence-corrected chi connectivity index (χ2v) is 17.9. The highest BCUT2D eigenvalue weighted by Crippen LogP contribution is 2.50. The molecule has 0 fully saturated rings. The number of fused-ring (bicyclic) bond motifs is 10. The first kappa shape index (κ1) is 38.2. The van der Waals surface area contributed by atoms with Crippen LogP contribution in [0.15, 0.2) is 236 Å². The van der Waals surface area contributed by atoms with E-state index in [-0.39, 0.29) is 12.1 Å². The maximum Gasteiger partial charge on any atom is 0.0945 e. The zero-order valence-corrected chi connectivity index (χ0v) is 36.6. The summed E-state index contributed by atoms with van der Waals surface area (Å²) in [5.74, 6) is 0.290. The number of benzene rings is 10. The van der Waals surface area contributed by atoms with Crippen LogP contribution in [0.25, 0.3) is 76.8 Å². The average molecular weight is 844 g/mol. The van der Waals surface area contributed by atoms with E-state index in [9.17, 15) is 0 Å². The fraction of sp³-hybridized carbons (Fsp3) is 0.0635. The van der Waals surface area contributed by atoms with Gasteiger partial charge in [0.25, 0.3) is 0 Å². The third-order valence-electron chi connectivity index (χ3n) is 14.3. The van der Waals surface area contributed by atoms with E-state index >= 15 is 0 Å². The van der Waals surface area contributed by atoms with Crippen LogP contribution >= 0.6 is 0 Å². The van der Waals surface area contributed by atoms with Crippen LogP contribution in [0.3, 0.4) is 0 Å². The number of allylic oxidation sites excluding steroid dienone is 2. The summed E-state index contributed by atoms with van der Waals surface area (Å²) in [6.45, 7) is 0. The molecular weight excluding hydrogens is 799 g/mol. The molecular formula is C63H45N3. The summed E-state index contributed by atoms with van der Waals surface area (Å²) in [6, 6.07) is 76.0. The Balaban J connectivity index is 0.727. The largest absolute Gasteiger partial charge is 0.360 e. The molecule has 0 saturated heterocycles. The van der Waals surface area contributed by atoms with Gasteiger partial charge < -0.3 is 9.80 Å². The molecule has 0 N–H and O–H groups in total. The fourth-order valence-corrected chi connectivity index (χ4v) is 11.0. The molecule has 1 aliphatic carbocycles. The normalized spacial score (nSPS) is 17.1. The minimum absolute atomic E-state index is 0.0385. The first-order chi connectivity index (χ1) is 32.6. The second kappa shape index (κ2) is 15.5. The minimum atomic E-state index is 0.0385. The Morgan fingerprint density at radius 1 is 0.439 bits per heavy atom. The van der Waals surface area contributed by atoms with Crippen molar-refractivity contribution in [2.45, 2.75) is 18.0 Å². The maximum atomic E-state index is 5.11. The third kappa shape index (κ3) is 6.23.